The molecule has 0 radical (unpaired) electrons. The highest BCUT2D eigenvalue weighted by atomic mass is 19.4. The van der Waals surface area contributed by atoms with Crippen molar-refractivity contribution in [3.63, 3.8) is 0 Å². The molecule has 2 aromatic rings. The third-order valence-electron chi connectivity index (χ3n) is 6.09. The van der Waals surface area contributed by atoms with Gasteiger partial charge in [0, 0.05) is 30.9 Å². The summed E-state index contributed by atoms with van der Waals surface area (Å²) in [6.45, 7) is 6.73. The van der Waals surface area contributed by atoms with Crippen LogP contribution in [0.15, 0.2) is 12.3 Å². The summed E-state index contributed by atoms with van der Waals surface area (Å²) in [6, 6.07) is 1.56. The van der Waals surface area contributed by atoms with Gasteiger partial charge in [-0.25, -0.2) is 0 Å². The number of likely N-dealkylation sites (N-methyl/N-ethyl adjacent to an activating group) is 1. The van der Waals surface area contributed by atoms with E-state index in [0.29, 0.717) is 23.0 Å². The van der Waals surface area contributed by atoms with Gasteiger partial charge in [-0.15, -0.1) is 10.2 Å². The minimum Gasteiger partial charge on any atom is -0.351 e. The Morgan fingerprint density at radius 1 is 1.07 bits per heavy atom. The van der Waals surface area contributed by atoms with Crippen molar-refractivity contribution in [2.45, 2.75) is 51.7 Å². The maximum atomic E-state index is 13.0. The Morgan fingerprint density at radius 3 is 2.55 bits per heavy atom. The van der Waals surface area contributed by atoms with Crippen LogP contribution in [-0.2, 0) is 12.6 Å². The Labute approximate surface area is 168 Å². The first-order valence-corrected chi connectivity index (χ1v) is 10.1. The zero-order valence-electron chi connectivity index (χ0n) is 17.1. The minimum absolute atomic E-state index is 0.429. The van der Waals surface area contributed by atoms with Crippen LogP contribution in [0.3, 0.4) is 0 Å². The fraction of sp³-hybridized carbons (Fsp3) is 0.571. The van der Waals surface area contributed by atoms with Gasteiger partial charge in [-0.3, -0.25) is 4.98 Å². The topological polar surface area (TPSA) is 45.2 Å². The van der Waals surface area contributed by atoms with Gasteiger partial charge in [0.25, 0.3) is 0 Å². The number of pyridine rings is 1. The van der Waals surface area contributed by atoms with E-state index < -0.39 is 11.7 Å². The number of hydrogen-bond donors (Lipinski definition) is 0. The molecule has 0 unspecified atom stereocenters. The van der Waals surface area contributed by atoms with E-state index in [-0.39, 0.29) is 0 Å². The number of rotatable bonds is 2. The van der Waals surface area contributed by atoms with E-state index in [9.17, 15) is 13.2 Å². The second kappa shape index (κ2) is 7.55. The molecule has 0 spiro atoms. The molecule has 2 aliphatic heterocycles. The molecule has 8 heteroatoms. The number of hydrogen-bond acceptors (Lipinski definition) is 5. The number of likely N-dealkylation sites (tertiary alicyclic amines) is 1. The molecule has 0 aromatic carbocycles. The lowest BCUT2D eigenvalue weighted by Crippen LogP contribution is -2.49. The van der Waals surface area contributed by atoms with Crippen LogP contribution in [0.5, 0.6) is 0 Å². The van der Waals surface area contributed by atoms with Gasteiger partial charge in [0.05, 0.1) is 11.3 Å². The van der Waals surface area contributed by atoms with Crippen molar-refractivity contribution in [1.82, 2.24) is 20.1 Å². The molecule has 5 nitrogen and oxygen atoms in total. The van der Waals surface area contributed by atoms with Gasteiger partial charge in [-0.2, -0.15) is 13.2 Å². The first-order valence-electron chi connectivity index (χ1n) is 10.1. The van der Waals surface area contributed by atoms with E-state index in [1.54, 1.807) is 6.92 Å². The van der Waals surface area contributed by atoms with Crippen LogP contribution in [0.1, 0.15) is 41.5 Å². The van der Waals surface area contributed by atoms with Gasteiger partial charge in [-0.05, 0) is 70.3 Å². The van der Waals surface area contributed by atoms with Crippen molar-refractivity contribution in [2.75, 3.05) is 31.6 Å². The van der Waals surface area contributed by atoms with Gasteiger partial charge in [-0.1, -0.05) is 0 Å². The van der Waals surface area contributed by atoms with E-state index in [1.165, 1.54) is 6.42 Å². The number of alkyl halides is 3. The SMILES string of the molecule is Cc1cc(C(F)(F)F)cnc1-c1nnc2c(c1C)CCCN2[C@H]1CCCN(C)C1. The van der Waals surface area contributed by atoms with E-state index in [1.807, 2.05) is 6.92 Å². The van der Waals surface area contributed by atoms with Gasteiger partial charge in [0.15, 0.2) is 5.82 Å². The standard InChI is InChI=1S/C21H26F3N5/c1-13-10-15(21(22,23)24)11-25-18(13)19-14(2)17-7-5-9-29(20(17)27-26-19)16-6-4-8-28(3)12-16/h10-11,16H,4-9,12H2,1-3H3/t16-/m0/s1. The van der Waals surface area contributed by atoms with Crippen LogP contribution in [0.25, 0.3) is 11.4 Å². The highest BCUT2D eigenvalue weighted by Crippen LogP contribution is 2.36. The number of anilines is 1. The second-order valence-corrected chi connectivity index (χ2v) is 8.22. The fourth-order valence-electron chi connectivity index (χ4n) is 4.56. The van der Waals surface area contributed by atoms with E-state index in [0.717, 1.165) is 68.1 Å². The molecule has 4 rings (SSSR count). The Hall–Kier alpha value is -2.22. The Bertz CT molecular complexity index is 912. The lowest BCUT2D eigenvalue weighted by atomic mass is 9.95. The first-order chi connectivity index (χ1) is 13.8. The highest BCUT2D eigenvalue weighted by molar-refractivity contribution is 5.67. The largest absolute Gasteiger partial charge is 0.417 e. The summed E-state index contributed by atoms with van der Waals surface area (Å²) in [5, 5.41) is 8.98. The summed E-state index contributed by atoms with van der Waals surface area (Å²) in [7, 11) is 2.15. The summed E-state index contributed by atoms with van der Waals surface area (Å²) in [4.78, 5) is 8.83. The maximum absolute atomic E-state index is 13.0. The quantitative estimate of drug-likeness (QED) is 0.755. The lowest BCUT2D eigenvalue weighted by molar-refractivity contribution is -0.137. The molecule has 156 valence electrons. The fourth-order valence-corrected chi connectivity index (χ4v) is 4.56. The van der Waals surface area contributed by atoms with Crippen LogP contribution in [0.4, 0.5) is 19.0 Å². The van der Waals surface area contributed by atoms with Gasteiger partial charge >= 0.3 is 6.18 Å². The van der Waals surface area contributed by atoms with E-state index >= 15 is 0 Å². The highest BCUT2D eigenvalue weighted by Gasteiger charge is 2.33. The molecule has 2 aliphatic rings. The third kappa shape index (κ3) is 3.82. The van der Waals surface area contributed by atoms with E-state index in [4.69, 9.17) is 0 Å². The van der Waals surface area contributed by atoms with Crippen molar-refractivity contribution in [3.8, 4) is 11.4 Å². The Balaban J connectivity index is 1.70. The molecule has 1 fully saturated rings. The number of aryl methyl sites for hydroxylation is 1. The van der Waals surface area contributed by atoms with E-state index in [2.05, 4.69) is 32.0 Å². The van der Waals surface area contributed by atoms with Crippen molar-refractivity contribution >= 4 is 5.82 Å². The monoisotopic (exact) mass is 405 g/mol. The smallest absolute Gasteiger partial charge is 0.351 e. The lowest BCUT2D eigenvalue weighted by Gasteiger charge is -2.41. The number of piperidine rings is 1. The predicted octanol–water partition coefficient (Wildman–Crippen LogP) is 4.02. The van der Waals surface area contributed by atoms with Crippen molar-refractivity contribution in [1.29, 1.82) is 0 Å². The summed E-state index contributed by atoms with van der Waals surface area (Å²) in [5.74, 6) is 0.933. The number of fused-ring (bicyclic) bond motifs is 1. The molecule has 4 heterocycles. The molecule has 0 bridgehead atoms. The van der Waals surface area contributed by atoms with Crippen molar-refractivity contribution in [2.24, 2.45) is 0 Å². The minimum atomic E-state index is -4.40. The normalized spacial score (nSPS) is 20.6. The van der Waals surface area contributed by atoms with Crippen LogP contribution in [0, 0.1) is 13.8 Å². The molecule has 1 saturated heterocycles. The summed E-state index contributed by atoms with van der Waals surface area (Å²) in [6.07, 6.45) is 0.743. The van der Waals surface area contributed by atoms with Crippen molar-refractivity contribution < 1.29 is 13.2 Å². The Morgan fingerprint density at radius 2 is 1.86 bits per heavy atom. The van der Waals surface area contributed by atoms with Gasteiger partial charge in [0.2, 0.25) is 0 Å². The average molecular weight is 405 g/mol. The molecule has 0 amide bonds. The molecule has 0 saturated carbocycles. The summed E-state index contributed by atoms with van der Waals surface area (Å²) >= 11 is 0. The number of aromatic nitrogens is 3. The first kappa shape index (κ1) is 20.1. The summed E-state index contributed by atoms with van der Waals surface area (Å²) in [5.41, 5.74) is 2.89. The van der Waals surface area contributed by atoms with Crippen LogP contribution < -0.4 is 4.90 Å². The second-order valence-electron chi connectivity index (χ2n) is 8.22. The third-order valence-corrected chi connectivity index (χ3v) is 6.09. The summed E-state index contributed by atoms with van der Waals surface area (Å²) < 4.78 is 38.9. The number of halogens is 3. The molecular formula is C21H26F3N5. The van der Waals surface area contributed by atoms with Gasteiger partial charge < -0.3 is 9.80 Å². The zero-order valence-corrected chi connectivity index (χ0v) is 17.1. The van der Waals surface area contributed by atoms with Crippen LogP contribution >= 0.6 is 0 Å². The number of nitrogens with zero attached hydrogens (tertiary/aromatic N) is 5. The molecule has 1 atom stereocenters. The maximum Gasteiger partial charge on any atom is 0.417 e. The van der Waals surface area contributed by atoms with Crippen LogP contribution in [0.2, 0.25) is 0 Å². The van der Waals surface area contributed by atoms with Gasteiger partial charge in [0.1, 0.15) is 5.69 Å². The molecule has 0 aliphatic carbocycles. The Kier molecular flexibility index (Phi) is 5.23. The predicted molar refractivity (Wildman–Crippen MR) is 106 cm³/mol. The zero-order chi connectivity index (χ0) is 20.8. The molecule has 29 heavy (non-hydrogen) atoms. The van der Waals surface area contributed by atoms with Crippen LogP contribution in [-0.4, -0.2) is 52.8 Å². The average Bonchev–Trinajstić information content (AvgIpc) is 2.68. The molecule has 0 N–H and O–H groups in total. The van der Waals surface area contributed by atoms with Crippen molar-refractivity contribution in [3.05, 3.63) is 34.5 Å². The molecule has 2 aromatic heterocycles. The molecular weight excluding hydrogens is 379 g/mol.